The molecule has 0 spiro atoms. The topological polar surface area (TPSA) is 108 Å². The van der Waals surface area contributed by atoms with E-state index in [-0.39, 0.29) is 18.7 Å². The van der Waals surface area contributed by atoms with Gasteiger partial charge in [0.1, 0.15) is 6.04 Å². The largest absolute Gasteiger partial charge is 0.385 e. The lowest BCUT2D eigenvalue weighted by molar-refractivity contribution is -0.136. The highest BCUT2D eigenvalue weighted by Crippen LogP contribution is 2.29. The van der Waals surface area contributed by atoms with Gasteiger partial charge in [-0.3, -0.25) is 29.4 Å². The molecule has 0 saturated carbocycles. The number of nitrogens with one attached hydrogen (secondary N) is 3. The average Bonchev–Trinajstić information content (AvgIpc) is 3.01. The Morgan fingerprint density at radius 2 is 1.71 bits per heavy atom. The Morgan fingerprint density at radius 3 is 2.48 bits per heavy atom. The highest BCUT2D eigenvalue weighted by atomic mass is 16.2. The molecule has 2 fully saturated rings. The fourth-order valence-electron chi connectivity index (χ4n) is 4.72. The fraction of sp³-hybridized carbons (Fsp3) is 0.565. The molecule has 0 aromatic heterocycles. The van der Waals surface area contributed by atoms with Crippen molar-refractivity contribution in [3.05, 3.63) is 29.3 Å². The van der Waals surface area contributed by atoms with Crippen LogP contribution in [0.15, 0.2) is 18.2 Å². The van der Waals surface area contributed by atoms with Crippen LogP contribution in [0.25, 0.3) is 0 Å². The highest BCUT2D eigenvalue weighted by molar-refractivity contribution is 6.23. The molecule has 1 aromatic carbocycles. The first-order chi connectivity index (χ1) is 15.0. The van der Waals surface area contributed by atoms with E-state index in [1.54, 1.807) is 18.2 Å². The van der Waals surface area contributed by atoms with Crippen molar-refractivity contribution in [3.63, 3.8) is 0 Å². The van der Waals surface area contributed by atoms with Gasteiger partial charge in [0.2, 0.25) is 11.8 Å². The van der Waals surface area contributed by atoms with Crippen LogP contribution in [-0.2, 0) is 9.59 Å². The second-order valence-corrected chi connectivity index (χ2v) is 8.68. The van der Waals surface area contributed by atoms with Gasteiger partial charge in [0, 0.05) is 18.7 Å². The minimum Gasteiger partial charge on any atom is -0.385 e. The molecule has 1 unspecified atom stereocenters. The summed E-state index contributed by atoms with van der Waals surface area (Å²) in [4.78, 5) is 50.1. The molecule has 4 amide bonds. The van der Waals surface area contributed by atoms with Gasteiger partial charge >= 0.3 is 0 Å². The van der Waals surface area contributed by atoms with E-state index in [0.29, 0.717) is 11.1 Å². The Hall–Kier alpha value is -2.74. The number of imide groups is 2. The molecule has 4 rings (SSSR count). The lowest BCUT2D eigenvalue weighted by atomic mass is 9.92. The number of carbonyl (C=O) groups excluding carboxylic acids is 4. The Morgan fingerprint density at radius 1 is 0.935 bits per heavy atom. The number of hydrogen-bond donors (Lipinski definition) is 3. The van der Waals surface area contributed by atoms with Crippen LogP contribution < -0.4 is 16.0 Å². The van der Waals surface area contributed by atoms with Crippen LogP contribution in [0.2, 0.25) is 0 Å². The molecule has 3 aliphatic rings. The number of hydrogen-bond acceptors (Lipinski definition) is 6. The van der Waals surface area contributed by atoms with Gasteiger partial charge in [-0.25, -0.2) is 0 Å². The Kier molecular flexibility index (Phi) is 6.65. The third-order valence-electron chi connectivity index (χ3n) is 6.52. The monoisotopic (exact) mass is 426 g/mol. The molecule has 0 bridgehead atoms. The van der Waals surface area contributed by atoms with Crippen LogP contribution in [0.1, 0.15) is 72.1 Å². The van der Waals surface area contributed by atoms with Crippen molar-refractivity contribution in [2.24, 2.45) is 5.92 Å². The maximum atomic E-state index is 12.9. The lowest BCUT2D eigenvalue weighted by Gasteiger charge is -2.27. The zero-order valence-electron chi connectivity index (χ0n) is 17.7. The molecule has 1 aromatic rings. The number of fused-ring (bicyclic) bond motifs is 1. The first-order valence-corrected chi connectivity index (χ1v) is 11.3. The number of nitrogens with zero attached hydrogens (tertiary/aromatic N) is 1. The first kappa shape index (κ1) is 21.5. The molecular formula is C23H30N4O4. The van der Waals surface area contributed by atoms with Gasteiger partial charge in [-0.2, -0.15) is 0 Å². The van der Waals surface area contributed by atoms with E-state index in [4.69, 9.17) is 0 Å². The summed E-state index contributed by atoms with van der Waals surface area (Å²) in [5.74, 6) is -1.05. The quantitative estimate of drug-likeness (QED) is 0.434. The Balaban J connectivity index is 1.28. The van der Waals surface area contributed by atoms with Gasteiger partial charge < -0.3 is 10.6 Å². The zero-order valence-corrected chi connectivity index (χ0v) is 17.7. The van der Waals surface area contributed by atoms with Crippen LogP contribution >= 0.6 is 0 Å². The van der Waals surface area contributed by atoms with Gasteiger partial charge in [-0.15, -0.1) is 0 Å². The third-order valence-corrected chi connectivity index (χ3v) is 6.52. The van der Waals surface area contributed by atoms with E-state index >= 15 is 0 Å². The molecule has 3 aliphatic heterocycles. The van der Waals surface area contributed by atoms with Crippen LogP contribution in [0, 0.1) is 5.92 Å². The second-order valence-electron chi connectivity index (χ2n) is 8.68. The van der Waals surface area contributed by atoms with Gasteiger partial charge in [0.25, 0.3) is 11.8 Å². The number of carbonyl (C=O) groups is 4. The maximum Gasteiger partial charge on any atom is 0.262 e. The molecule has 1 atom stereocenters. The summed E-state index contributed by atoms with van der Waals surface area (Å²) in [5.41, 5.74) is 1.41. The molecule has 0 aliphatic carbocycles. The van der Waals surface area contributed by atoms with E-state index in [1.807, 2.05) is 0 Å². The van der Waals surface area contributed by atoms with E-state index in [2.05, 4.69) is 16.0 Å². The number of anilines is 1. The summed E-state index contributed by atoms with van der Waals surface area (Å²) in [6.45, 7) is 3.10. The molecule has 3 heterocycles. The standard InChI is InChI=1S/C23H30N4O4/c28-20-8-7-19(21(29)26-20)27-22(30)17-6-5-16(14-18(17)23(27)31)25-11-3-1-2-4-15-9-12-24-13-10-15/h5-6,14-15,19,24-25H,1-4,7-13H2,(H,26,28,29). The summed E-state index contributed by atoms with van der Waals surface area (Å²) >= 11 is 0. The summed E-state index contributed by atoms with van der Waals surface area (Å²) < 4.78 is 0. The predicted molar refractivity (Wildman–Crippen MR) is 116 cm³/mol. The second kappa shape index (κ2) is 9.60. The maximum absolute atomic E-state index is 12.9. The van der Waals surface area contributed by atoms with E-state index < -0.39 is 23.8 Å². The summed E-state index contributed by atoms with van der Waals surface area (Å²) in [6, 6.07) is 4.20. The number of benzene rings is 1. The molecule has 0 radical (unpaired) electrons. The average molecular weight is 427 g/mol. The van der Waals surface area contributed by atoms with Crippen molar-refractivity contribution in [1.82, 2.24) is 15.5 Å². The van der Waals surface area contributed by atoms with Crippen molar-refractivity contribution in [2.75, 3.05) is 25.0 Å². The smallest absolute Gasteiger partial charge is 0.262 e. The normalized spacial score (nSPS) is 21.9. The molecule has 2 saturated heterocycles. The van der Waals surface area contributed by atoms with Crippen molar-refractivity contribution in [2.45, 2.75) is 57.4 Å². The van der Waals surface area contributed by atoms with Crippen molar-refractivity contribution >= 4 is 29.3 Å². The highest BCUT2D eigenvalue weighted by Gasteiger charge is 2.44. The van der Waals surface area contributed by atoms with Crippen LogP contribution in [0.5, 0.6) is 0 Å². The third kappa shape index (κ3) is 4.79. The van der Waals surface area contributed by atoms with E-state index in [9.17, 15) is 19.2 Å². The van der Waals surface area contributed by atoms with Crippen LogP contribution in [-0.4, -0.2) is 54.2 Å². The molecular weight excluding hydrogens is 396 g/mol. The minimum absolute atomic E-state index is 0.119. The molecule has 3 N–H and O–H groups in total. The molecule has 31 heavy (non-hydrogen) atoms. The fourth-order valence-corrected chi connectivity index (χ4v) is 4.72. The van der Waals surface area contributed by atoms with Crippen molar-refractivity contribution < 1.29 is 19.2 Å². The molecule has 166 valence electrons. The zero-order chi connectivity index (χ0) is 21.8. The van der Waals surface area contributed by atoms with Crippen molar-refractivity contribution in [1.29, 1.82) is 0 Å². The van der Waals surface area contributed by atoms with Gasteiger partial charge in [0.15, 0.2) is 0 Å². The summed E-state index contributed by atoms with van der Waals surface area (Å²) in [5, 5.41) is 8.95. The molecule has 8 nitrogen and oxygen atoms in total. The van der Waals surface area contributed by atoms with Crippen molar-refractivity contribution in [3.8, 4) is 0 Å². The minimum atomic E-state index is -0.929. The van der Waals surface area contributed by atoms with E-state index in [1.165, 1.54) is 32.1 Å². The lowest BCUT2D eigenvalue weighted by Crippen LogP contribution is -2.54. The van der Waals surface area contributed by atoms with Crippen LogP contribution in [0.4, 0.5) is 5.69 Å². The number of piperidine rings is 2. The number of unbranched alkanes of at least 4 members (excludes halogenated alkanes) is 2. The van der Waals surface area contributed by atoms with E-state index in [0.717, 1.165) is 42.6 Å². The van der Waals surface area contributed by atoms with Gasteiger partial charge in [-0.1, -0.05) is 19.3 Å². The number of amides is 4. The van der Waals surface area contributed by atoms with Crippen LogP contribution in [0.3, 0.4) is 0 Å². The SMILES string of the molecule is O=C1CCC(N2C(=O)c3ccc(NCCCCCC4CCNCC4)cc3C2=O)C(=O)N1. The molecule has 8 heteroatoms. The van der Waals surface area contributed by atoms with Gasteiger partial charge in [0.05, 0.1) is 11.1 Å². The Labute approximate surface area is 182 Å². The summed E-state index contributed by atoms with van der Waals surface area (Å²) in [7, 11) is 0. The predicted octanol–water partition coefficient (Wildman–Crippen LogP) is 2.06. The summed E-state index contributed by atoms with van der Waals surface area (Å²) in [6.07, 6.45) is 7.62. The number of rotatable bonds is 8. The Bertz CT molecular complexity index is 878. The first-order valence-electron chi connectivity index (χ1n) is 11.3. The van der Waals surface area contributed by atoms with Gasteiger partial charge in [-0.05, 0) is 62.9 Å².